The van der Waals surface area contributed by atoms with E-state index >= 15 is 0 Å². The largest absolute Gasteiger partial charge is 0.346 e. The molecule has 1 N–H and O–H groups in total. The van der Waals surface area contributed by atoms with Gasteiger partial charge < -0.3 is 10.2 Å². The van der Waals surface area contributed by atoms with Crippen LogP contribution in [-0.2, 0) is 4.79 Å². The van der Waals surface area contributed by atoms with Crippen molar-refractivity contribution in [3.63, 3.8) is 0 Å². The average molecular weight is 330 g/mol. The Hall–Kier alpha value is -1.99. The summed E-state index contributed by atoms with van der Waals surface area (Å²) in [6, 6.07) is 8.11. The van der Waals surface area contributed by atoms with Gasteiger partial charge in [0.2, 0.25) is 5.91 Å². The fourth-order valence-electron chi connectivity index (χ4n) is 2.42. The molecule has 2 aromatic heterocycles. The minimum atomic E-state index is 0.0104. The maximum Gasteiger partial charge on any atom is 0.232 e. The van der Waals surface area contributed by atoms with Crippen molar-refractivity contribution in [2.24, 2.45) is 5.92 Å². The summed E-state index contributed by atoms with van der Waals surface area (Å²) in [4.78, 5) is 24.2. The minimum absolute atomic E-state index is 0.0104. The van der Waals surface area contributed by atoms with Crippen LogP contribution in [0, 0.1) is 12.8 Å². The van der Waals surface area contributed by atoms with Crippen molar-refractivity contribution in [3.8, 4) is 0 Å². The monoisotopic (exact) mass is 330 g/mol. The summed E-state index contributed by atoms with van der Waals surface area (Å²) in [5.41, 5.74) is 1.02. The highest BCUT2D eigenvalue weighted by Crippen LogP contribution is 2.33. The minimum Gasteiger partial charge on any atom is -0.346 e. The van der Waals surface area contributed by atoms with E-state index in [9.17, 15) is 4.79 Å². The number of aryl methyl sites for hydroxylation is 1. The van der Waals surface area contributed by atoms with E-state index in [0.29, 0.717) is 5.13 Å². The lowest BCUT2D eigenvalue weighted by Gasteiger charge is -2.37. The van der Waals surface area contributed by atoms with Crippen molar-refractivity contribution < 1.29 is 4.79 Å². The molecule has 1 aliphatic rings. The zero-order chi connectivity index (χ0) is 15.1. The molecule has 0 atom stereocenters. The number of nitrogens with one attached hydrogen (secondary N) is 1. The van der Waals surface area contributed by atoms with E-state index in [1.165, 1.54) is 16.0 Å². The lowest BCUT2D eigenvalue weighted by molar-refractivity contribution is -0.120. The first kappa shape index (κ1) is 13.7. The van der Waals surface area contributed by atoms with E-state index in [-0.39, 0.29) is 11.8 Å². The maximum absolute atomic E-state index is 12.2. The van der Waals surface area contributed by atoms with Gasteiger partial charge in [-0.15, -0.1) is 11.3 Å². The summed E-state index contributed by atoms with van der Waals surface area (Å²) in [6.07, 6.45) is 1.77. The van der Waals surface area contributed by atoms with Crippen LogP contribution < -0.4 is 10.2 Å². The molecule has 0 radical (unpaired) electrons. The van der Waals surface area contributed by atoms with Gasteiger partial charge in [-0.2, -0.15) is 0 Å². The van der Waals surface area contributed by atoms with Crippen LogP contribution in [0.5, 0.6) is 0 Å². The van der Waals surface area contributed by atoms with Crippen LogP contribution in [-0.4, -0.2) is 29.0 Å². The second kappa shape index (κ2) is 5.33. The van der Waals surface area contributed by atoms with Gasteiger partial charge in [0.25, 0.3) is 0 Å². The molecular weight excluding hydrogens is 316 g/mol. The summed E-state index contributed by atoms with van der Waals surface area (Å²) in [6.45, 7) is 3.41. The number of carbonyl (C=O) groups excluding carboxylic acids is 1. The Bertz CT molecular complexity index is 802. The number of amides is 1. The Balaban J connectivity index is 1.40. The first-order chi connectivity index (χ1) is 10.7. The SMILES string of the molecule is Cc1cnc(NC(=O)C2CN(c3nc4ccccc4s3)C2)s1. The number of aromatic nitrogens is 2. The molecule has 0 spiro atoms. The molecule has 7 heteroatoms. The number of hydrogen-bond donors (Lipinski definition) is 1. The Labute approximate surface area is 135 Å². The predicted octanol–water partition coefficient (Wildman–Crippen LogP) is 3.14. The second-order valence-electron chi connectivity index (χ2n) is 5.33. The first-order valence-corrected chi connectivity index (χ1v) is 8.66. The van der Waals surface area contributed by atoms with Crippen molar-refractivity contribution in [3.05, 3.63) is 35.3 Å². The number of fused-ring (bicyclic) bond motifs is 1. The van der Waals surface area contributed by atoms with Crippen molar-refractivity contribution in [1.82, 2.24) is 9.97 Å². The third-order valence-electron chi connectivity index (χ3n) is 3.66. The van der Waals surface area contributed by atoms with Gasteiger partial charge in [-0.3, -0.25) is 4.79 Å². The van der Waals surface area contributed by atoms with Crippen molar-refractivity contribution in [2.75, 3.05) is 23.3 Å². The number of benzene rings is 1. The molecule has 1 fully saturated rings. The average Bonchev–Trinajstić information content (AvgIpc) is 3.03. The molecule has 112 valence electrons. The van der Waals surface area contributed by atoms with Crippen LogP contribution in [0.3, 0.4) is 0 Å². The molecule has 22 heavy (non-hydrogen) atoms. The van der Waals surface area contributed by atoms with E-state index in [1.54, 1.807) is 17.5 Å². The number of carbonyl (C=O) groups is 1. The lowest BCUT2D eigenvalue weighted by atomic mass is 10.0. The molecule has 4 rings (SSSR count). The van der Waals surface area contributed by atoms with Gasteiger partial charge >= 0.3 is 0 Å². The maximum atomic E-state index is 12.2. The fourth-order valence-corrected chi connectivity index (χ4v) is 4.07. The van der Waals surface area contributed by atoms with Crippen LogP contribution in [0.4, 0.5) is 10.3 Å². The summed E-state index contributed by atoms with van der Waals surface area (Å²) in [5, 5.41) is 4.57. The highest BCUT2D eigenvalue weighted by Gasteiger charge is 2.34. The van der Waals surface area contributed by atoms with Crippen molar-refractivity contribution in [2.45, 2.75) is 6.92 Å². The zero-order valence-electron chi connectivity index (χ0n) is 11.9. The first-order valence-electron chi connectivity index (χ1n) is 7.03. The molecule has 1 amide bonds. The molecule has 1 aromatic carbocycles. The van der Waals surface area contributed by atoms with E-state index in [1.807, 2.05) is 25.1 Å². The molecule has 0 saturated carbocycles. The van der Waals surface area contributed by atoms with Crippen molar-refractivity contribution in [1.29, 1.82) is 0 Å². The number of nitrogens with zero attached hydrogens (tertiary/aromatic N) is 3. The van der Waals surface area contributed by atoms with Gasteiger partial charge in [-0.25, -0.2) is 9.97 Å². The van der Waals surface area contributed by atoms with Crippen LogP contribution in [0.2, 0.25) is 0 Å². The normalized spacial score (nSPS) is 15.0. The predicted molar refractivity (Wildman–Crippen MR) is 90.8 cm³/mol. The van der Waals surface area contributed by atoms with E-state index in [2.05, 4.69) is 26.3 Å². The molecule has 3 aromatic rings. The van der Waals surface area contributed by atoms with Crippen LogP contribution in [0.15, 0.2) is 30.5 Å². The molecule has 5 nitrogen and oxygen atoms in total. The number of anilines is 2. The quantitative estimate of drug-likeness (QED) is 0.801. The second-order valence-corrected chi connectivity index (χ2v) is 7.58. The van der Waals surface area contributed by atoms with Gasteiger partial charge in [0.15, 0.2) is 10.3 Å². The highest BCUT2D eigenvalue weighted by atomic mass is 32.1. The van der Waals surface area contributed by atoms with Gasteiger partial charge in [-0.1, -0.05) is 23.5 Å². The molecular formula is C15H14N4OS2. The Morgan fingerprint density at radius 2 is 2.14 bits per heavy atom. The molecule has 1 aliphatic heterocycles. The van der Waals surface area contributed by atoms with E-state index in [4.69, 9.17) is 0 Å². The van der Waals surface area contributed by atoms with Gasteiger partial charge in [-0.05, 0) is 19.1 Å². The fraction of sp³-hybridized carbons (Fsp3) is 0.267. The standard InChI is InChI=1S/C15H14N4OS2/c1-9-6-16-14(21-9)18-13(20)10-7-19(8-10)15-17-11-4-2-3-5-12(11)22-15/h2-6,10H,7-8H2,1H3,(H,16,18,20). The lowest BCUT2D eigenvalue weighted by Crippen LogP contribution is -2.52. The Kier molecular flexibility index (Phi) is 3.31. The van der Waals surface area contributed by atoms with Crippen molar-refractivity contribution >= 4 is 49.1 Å². The summed E-state index contributed by atoms with van der Waals surface area (Å²) in [5.74, 6) is 0.0583. The van der Waals surface area contributed by atoms with E-state index < -0.39 is 0 Å². The summed E-state index contributed by atoms with van der Waals surface area (Å²) in [7, 11) is 0. The highest BCUT2D eigenvalue weighted by molar-refractivity contribution is 7.22. The van der Waals surface area contributed by atoms with Crippen LogP contribution in [0.1, 0.15) is 4.88 Å². The van der Waals surface area contributed by atoms with Crippen LogP contribution >= 0.6 is 22.7 Å². The Morgan fingerprint density at radius 3 is 2.86 bits per heavy atom. The smallest absolute Gasteiger partial charge is 0.232 e. The molecule has 1 saturated heterocycles. The molecule has 0 aliphatic carbocycles. The number of hydrogen-bond acceptors (Lipinski definition) is 6. The molecule has 3 heterocycles. The summed E-state index contributed by atoms with van der Waals surface area (Å²) < 4.78 is 1.18. The topological polar surface area (TPSA) is 58.1 Å². The third kappa shape index (κ3) is 2.46. The number of rotatable bonds is 3. The van der Waals surface area contributed by atoms with E-state index in [0.717, 1.165) is 28.6 Å². The number of para-hydroxylation sites is 1. The molecule has 0 unspecified atom stereocenters. The van der Waals surface area contributed by atoms with Crippen LogP contribution in [0.25, 0.3) is 10.2 Å². The number of thiazole rings is 2. The third-order valence-corrected chi connectivity index (χ3v) is 5.58. The van der Waals surface area contributed by atoms with Gasteiger partial charge in [0.1, 0.15) is 0 Å². The zero-order valence-corrected chi connectivity index (χ0v) is 13.6. The van der Waals surface area contributed by atoms with Gasteiger partial charge in [0, 0.05) is 24.2 Å². The summed E-state index contributed by atoms with van der Waals surface area (Å²) >= 11 is 3.18. The van der Waals surface area contributed by atoms with Gasteiger partial charge in [0.05, 0.1) is 16.1 Å². The molecule has 0 bridgehead atoms. The Morgan fingerprint density at radius 1 is 1.32 bits per heavy atom.